The van der Waals surface area contributed by atoms with E-state index in [0.717, 1.165) is 37.7 Å². The lowest BCUT2D eigenvalue weighted by Gasteiger charge is -2.50. The molecule has 0 amide bonds. The molecule has 0 aromatic carbocycles. The minimum atomic E-state index is -0.572. The van der Waals surface area contributed by atoms with Gasteiger partial charge in [-0.3, -0.25) is 4.79 Å². The van der Waals surface area contributed by atoms with E-state index in [4.69, 9.17) is 9.47 Å². The summed E-state index contributed by atoms with van der Waals surface area (Å²) in [5.74, 6) is -0.848. The molecule has 1 heterocycles. The minimum absolute atomic E-state index is 0.0526. The highest BCUT2D eigenvalue weighted by Gasteiger charge is 2.54. The van der Waals surface area contributed by atoms with E-state index < -0.39 is 5.79 Å². The van der Waals surface area contributed by atoms with E-state index in [1.165, 1.54) is 6.42 Å². The number of carbonyl (C=O) groups is 1. The Morgan fingerprint density at radius 3 is 2.60 bits per heavy atom. The van der Waals surface area contributed by atoms with Crippen LogP contribution in [0.25, 0.3) is 0 Å². The molecule has 82 valence electrons. The second-order valence-corrected chi connectivity index (χ2v) is 4.89. The average molecular weight is 208 g/mol. The Hall–Kier alpha value is -0.830. The van der Waals surface area contributed by atoms with Gasteiger partial charge in [-0.2, -0.15) is 0 Å². The normalized spacial score (nSPS) is 38.1. The van der Waals surface area contributed by atoms with Gasteiger partial charge >= 0.3 is 5.97 Å². The van der Waals surface area contributed by atoms with Crippen molar-refractivity contribution in [3.63, 3.8) is 0 Å². The van der Waals surface area contributed by atoms with Crippen LogP contribution in [-0.4, -0.2) is 17.9 Å². The first-order valence-electron chi connectivity index (χ1n) is 5.79. The molecule has 2 aliphatic carbocycles. The number of carbonyl (C=O) groups excluding carboxylic acids is 1. The molecule has 1 spiro atoms. The zero-order valence-corrected chi connectivity index (χ0v) is 8.83. The molecule has 15 heavy (non-hydrogen) atoms. The van der Waals surface area contributed by atoms with Crippen LogP contribution >= 0.6 is 0 Å². The van der Waals surface area contributed by atoms with Crippen LogP contribution in [0.15, 0.2) is 12.2 Å². The van der Waals surface area contributed by atoms with Crippen LogP contribution in [0.5, 0.6) is 0 Å². The summed E-state index contributed by atoms with van der Waals surface area (Å²) in [7, 11) is 0. The molecular formula is C12H16O3. The van der Waals surface area contributed by atoms with Gasteiger partial charge in [0.05, 0.1) is 6.10 Å². The number of ether oxygens (including phenoxy) is 2. The SMILES string of the molecule is C=C1C[C@@H]2OC3(CCCCC3)OC(=O)[C@H]12. The van der Waals surface area contributed by atoms with Gasteiger partial charge in [-0.15, -0.1) is 0 Å². The summed E-state index contributed by atoms with van der Waals surface area (Å²) in [6, 6.07) is 0. The quantitative estimate of drug-likeness (QED) is 0.452. The number of fused-ring (bicyclic) bond motifs is 1. The second-order valence-electron chi connectivity index (χ2n) is 4.89. The first kappa shape index (κ1) is 9.40. The first-order valence-corrected chi connectivity index (χ1v) is 5.79. The highest BCUT2D eigenvalue weighted by Crippen LogP contribution is 2.47. The molecule has 0 bridgehead atoms. The average Bonchev–Trinajstić information content (AvgIpc) is 2.16. The van der Waals surface area contributed by atoms with Crippen molar-refractivity contribution in [3.05, 3.63) is 12.2 Å². The van der Waals surface area contributed by atoms with E-state index in [2.05, 4.69) is 6.58 Å². The Labute approximate surface area is 89.4 Å². The van der Waals surface area contributed by atoms with Gasteiger partial charge in [0.15, 0.2) is 0 Å². The van der Waals surface area contributed by atoms with E-state index in [9.17, 15) is 4.79 Å². The predicted molar refractivity (Wildman–Crippen MR) is 54.0 cm³/mol. The fourth-order valence-electron chi connectivity index (χ4n) is 2.89. The number of hydrogen-bond acceptors (Lipinski definition) is 3. The predicted octanol–water partition coefficient (Wildman–Crippen LogP) is 2.16. The third-order valence-electron chi connectivity index (χ3n) is 3.80. The molecule has 2 saturated carbocycles. The number of esters is 1. The Bertz CT molecular complexity index is 315. The third-order valence-corrected chi connectivity index (χ3v) is 3.80. The van der Waals surface area contributed by atoms with Crippen LogP contribution in [0.1, 0.15) is 38.5 Å². The highest BCUT2D eigenvalue weighted by molar-refractivity contribution is 5.79. The lowest BCUT2D eigenvalue weighted by molar-refractivity contribution is -0.303. The van der Waals surface area contributed by atoms with Crippen molar-refractivity contribution in [1.29, 1.82) is 0 Å². The van der Waals surface area contributed by atoms with Crippen molar-refractivity contribution < 1.29 is 14.3 Å². The highest BCUT2D eigenvalue weighted by atomic mass is 16.7. The van der Waals surface area contributed by atoms with Crippen LogP contribution < -0.4 is 0 Å². The fourth-order valence-corrected chi connectivity index (χ4v) is 2.89. The van der Waals surface area contributed by atoms with E-state index >= 15 is 0 Å². The van der Waals surface area contributed by atoms with Crippen LogP contribution in [0.3, 0.4) is 0 Å². The zero-order valence-electron chi connectivity index (χ0n) is 8.83. The van der Waals surface area contributed by atoms with Gasteiger partial charge in [0.25, 0.3) is 0 Å². The van der Waals surface area contributed by atoms with Crippen LogP contribution in [0.4, 0.5) is 0 Å². The molecule has 0 aromatic rings. The molecule has 3 heteroatoms. The van der Waals surface area contributed by atoms with Crippen LogP contribution in [0.2, 0.25) is 0 Å². The van der Waals surface area contributed by atoms with Gasteiger partial charge in [-0.1, -0.05) is 18.6 Å². The van der Waals surface area contributed by atoms with E-state index in [-0.39, 0.29) is 18.0 Å². The molecule has 3 rings (SSSR count). The van der Waals surface area contributed by atoms with Crippen molar-refractivity contribution in [3.8, 4) is 0 Å². The fraction of sp³-hybridized carbons (Fsp3) is 0.750. The minimum Gasteiger partial charge on any atom is -0.433 e. The van der Waals surface area contributed by atoms with E-state index in [1.807, 2.05) is 0 Å². The summed E-state index contributed by atoms with van der Waals surface area (Å²) in [5, 5.41) is 0. The third kappa shape index (κ3) is 1.33. The van der Waals surface area contributed by atoms with Gasteiger partial charge in [0.1, 0.15) is 5.92 Å². The first-order chi connectivity index (χ1) is 7.20. The maximum absolute atomic E-state index is 11.8. The summed E-state index contributed by atoms with van der Waals surface area (Å²) in [6.07, 6.45) is 6.06. The molecular weight excluding hydrogens is 192 g/mol. The second kappa shape index (κ2) is 3.08. The van der Waals surface area contributed by atoms with Gasteiger partial charge < -0.3 is 9.47 Å². The van der Waals surface area contributed by atoms with Crippen molar-refractivity contribution in [1.82, 2.24) is 0 Å². The molecule has 3 aliphatic rings. The Balaban J connectivity index is 1.79. The Morgan fingerprint density at radius 2 is 2.00 bits per heavy atom. The van der Waals surface area contributed by atoms with Gasteiger partial charge in [-0.05, 0) is 19.3 Å². The lowest BCUT2D eigenvalue weighted by atomic mass is 9.75. The summed E-state index contributed by atoms with van der Waals surface area (Å²) >= 11 is 0. The number of hydrogen-bond donors (Lipinski definition) is 0. The van der Waals surface area contributed by atoms with Gasteiger partial charge in [-0.25, -0.2) is 0 Å². The standard InChI is InChI=1S/C12H16O3/c1-8-7-9-10(8)11(13)15-12(14-9)5-3-2-4-6-12/h9-10H,1-7H2/t9-,10+/m0/s1. The lowest BCUT2D eigenvalue weighted by Crippen LogP contribution is -2.57. The molecule has 0 aromatic heterocycles. The maximum Gasteiger partial charge on any atom is 0.318 e. The summed E-state index contributed by atoms with van der Waals surface area (Å²) < 4.78 is 11.4. The van der Waals surface area contributed by atoms with Crippen molar-refractivity contribution in [2.75, 3.05) is 0 Å². The zero-order chi connectivity index (χ0) is 10.5. The monoisotopic (exact) mass is 208 g/mol. The smallest absolute Gasteiger partial charge is 0.318 e. The topological polar surface area (TPSA) is 35.5 Å². The molecule has 0 N–H and O–H groups in total. The van der Waals surface area contributed by atoms with Gasteiger partial charge in [0.2, 0.25) is 5.79 Å². The molecule has 1 saturated heterocycles. The largest absolute Gasteiger partial charge is 0.433 e. The molecule has 0 radical (unpaired) electrons. The molecule has 3 fully saturated rings. The van der Waals surface area contributed by atoms with Crippen LogP contribution in [0, 0.1) is 5.92 Å². The molecule has 0 unspecified atom stereocenters. The van der Waals surface area contributed by atoms with E-state index in [1.54, 1.807) is 0 Å². The van der Waals surface area contributed by atoms with Crippen molar-refractivity contribution in [2.45, 2.75) is 50.4 Å². The molecule has 2 atom stereocenters. The van der Waals surface area contributed by atoms with E-state index in [0.29, 0.717) is 0 Å². The van der Waals surface area contributed by atoms with Crippen LogP contribution in [-0.2, 0) is 14.3 Å². The van der Waals surface area contributed by atoms with Gasteiger partial charge in [0, 0.05) is 12.8 Å². The molecule has 3 nitrogen and oxygen atoms in total. The summed E-state index contributed by atoms with van der Waals surface area (Å²) in [4.78, 5) is 11.8. The summed E-state index contributed by atoms with van der Waals surface area (Å²) in [6.45, 7) is 3.85. The number of rotatable bonds is 0. The van der Waals surface area contributed by atoms with Crippen molar-refractivity contribution >= 4 is 5.97 Å². The van der Waals surface area contributed by atoms with Crippen molar-refractivity contribution in [2.24, 2.45) is 5.92 Å². The Morgan fingerprint density at radius 1 is 1.27 bits per heavy atom. The molecule has 1 aliphatic heterocycles. The summed E-state index contributed by atoms with van der Waals surface area (Å²) in [5.41, 5.74) is 0.968. The Kier molecular flexibility index (Phi) is 1.93. The maximum atomic E-state index is 11.8.